The van der Waals surface area contributed by atoms with Gasteiger partial charge >= 0.3 is 5.97 Å². The van der Waals surface area contributed by atoms with Gasteiger partial charge in [-0.15, -0.1) is 0 Å². The molecule has 0 aromatic heterocycles. The summed E-state index contributed by atoms with van der Waals surface area (Å²) < 4.78 is 5.35. The summed E-state index contributed by atoms with van der Waals surface area (Å²) in [5, 5.41) is 11.2. The molecule has 1 amide bonds. The third-order valence-electron chi connectivity index (χ3n) is 2.56. The van der Waals surface area contributed by atoms with Crippen LogP contribution in [-0.4, -0.2) is 35.2 Å². The maximum Gasteiger partial charge on any atom is 0.305 e. The van der Waals surface area contributed by atoms with Gasteiger partial charge in [0.05, 0.1) is 6.42 Å². The van der Waals surface area contributed by atoms with Gasteiger partial charge in [0.1, 0.15) is 5.60 Å². The summed E-state index contributed by atoms with van der Waals surface area (Å²) in [4.78, 5) is 22.1. The Morgan fingerprint density at radius 1 is 1.60 bits per heavy atom. The molecule has 1 aliphatic rings. The number of amides is 1. The number of hydrogen-bond donors (Lipinski definition) is 2. The van der Waals surface area contributed by atoms with Gasteiger partial charge in [0.2, 0.25) is 0 Å². The number of aliphatic carboxylic acids is 1. The van der Waals surface area contributed by atoms with E-state index < -0.39 is 11.6 Å². The Morgan fingerprint density at radius 2 is 2.27 bits per heavy atom. The molecule has 1 aliphatic heterocycles. The molecule has 0 aromatic carbocycles. The molecule has 1 rings (SSSR count). The van der Waals surface area contributed by atoms with Gasteiger partial charge in [-0.25, -0.2) is 0 Å². The van der Waals surface area contributed by atoms with Crippen molar-refractivity contribution in [2.24, 2.45) is 0 Å². The predicted octanol–water partition coefficient (Wildman–Crippen LogP) is 0.535. The van der Waals surface area contributed by atoms with Crippen LogP contribution in [-0.2, 0) is 14.3 Å². The van der Waals surface area contributed by atoms with E-state index in [0.29, 0.717) is 13.0 Å². The van der Waals surface area contributed by atoms with Crippen LogP contribution in [0.25, 0.3) is 0 Å². The van der Waals surface area contributed by atoms with Gasteiger partial charge in [-0.05, 0) is 26.7 Å². The third-order valence-corrected chi connectivity index (χ3v) is 2.56. The molecule has 0 aliphatic carbocycles. The van der Waals surface area contributed by atoms with E-state index in [4.69, 9.17) is 9.84 Å². The van der Waals surface area contributed by atoms with E-state index in [-0.39, 0.29) is 18.4 Å². The molecule has 0 spiro atoms. The Morgan fingerprint density at radius 3 is 2.73 bits per heavy atom. The monoisotopic (exact) mass is 215 g/mol. The number of ether oxygens (including phenoxy) is 1. The van der Waals surface area contributed by atoms with Crippen molar-refractivity contribution in [1.82, 2.24) is 5.32 Å². The van der Waals surface area contributed by atoms with Gasteiger partial charge in [-0.3, -0.25) is 9.59 Å². The van der Waals surface area contributed by atoms with Gasteiger partial charge in [-0.1, -0.05) is 0 Å². The molecule has 2 unspecified atom stereocenters. The van der Waals surface area contributed by atoms with Crippen LogP contribution in [0.3, 0.4) is 0 Å². The van der Waals surface area contributed by atoms with Crippen LogP contribution in [0.5, 0.6) is 0 Å². The molecule has 1 saturated heterocycles. The summed E-state index contributed by atoms with van der Waals surface area (Å²) in [6.45, 7) is 4.00. The Kier molecular flexibility index (Phi) is 3.68. The van der Waals surface area contributed by atoms with Gasteiger partial charge in [-0.2, -0.15) is 0 Å². The molecule has 1 fully saturated rings. The predicted molar refractivity (Wildman–Crippen MR) is 53.4 cm³/mol. The van der Waals surface area contributed by atoms with Crippen molar-refractivity contribution < 1.29 is 19.4 Å². The second-order valence-electron chi connectivity index (χ2n) is 4.16. The molecule has 0 saturated carbocycles. The average Bonchev–Trinajstić information content (AvgIpc) is 2.51. The number of carboxylic acid groups (broad SMARTS) is 1. The van der Waals surface area contributed by atoms with Crippen molar-refractivity contribution in [2.45, 2.75) is 44.8 Å². The number of carbonyl (C=O) groups excluding carboxylic acids is 1. The van der Waals surface area contributed by atoms with E-state index in [0.717, 1.165) is 6.42 Å². The molecule has 0 bridgehead atoms. The van der Waals surface area contributed by atoms with E-state index in [1.165, 1.54) is 0 Å². The van der Waals surface area contributed by atoms with Crippen molar-refractivity contribution >= 4 is 11.9 Å². The molecule has 2 atom stereocenters. The Balaban J connectivity index is 2.44. The first-order valence-electron chi connectivity index (χ1n) is 5.11. The SMILES string of the molecule is CC(CC(=O)O)NC(=O)C1(C)CCCO1. The molecule has 0 radical (unpaired) electrons. The summed E-state index contributed by atoms with van der Waals surface area (Å²) in [6.07, 6.45) is 1.50. The van der Waals surface area contributed by atoms with E-state index in [1.807, 2.05) is 0 Å². The van der Waals surface area contributed by atoms with Crippen molar-refractivity contribution in [1.29, 1.82) is 0 Å². The number of rotatable bonds is 4. The van der Waals surface area contributed by atoms with E-state index >= 15 is 0 Å². The quantitative estimate of drug-likeness (QED) is 0.717. The third kappa shape index (κ3) is 3.20. The highest BCUT2D eigenvalue weighted by molar-refractivity contribution is 5.85. The summed E-state index contributed by atoms with van der Waals surface area (Å²) in [6, 6.07) is -0.365. The maximum atomic E-state index is 11.7. The van der Waals surface area contributed by atoms with Crippen molar-refractivity contribution in [3.05, 3.63) is 0 Å². The molecule has 0 aromatic rings. The van der Waals surface area contributed by atoms with Crippen LogP contribution in [0.2, 0.25) is 0 Å². The summed E-state index contributed by atoms with van der Waals surface area (Å²) in [5.74, 6) is -1.13. The Bertz CT molecular complexity index is 258. The minimum atomic E-state index is -0.916. The lowest BCUT2D eigenvalue weighted by Crippen LogP contribution is -2.47. The first-order valence-corrected chi connectivity index (χ1v) is 5.11. The lowest BCUT2D eigenvalue weighted by atomic mass is 10.0. The number of nitrogens with one attached hydrogen (secondary N) is 1. The highest BCUT2D eigenvalue weighted by Gasteiger charge is 2.38. The van der Waals surface area contributed by atoms with Gasteiger partial charge in [0.25, 0.3) is 5.91 Å². The van der Waals surface area contributed by atoms with E-state index in [9.17, 15) is 9.59 Å². The minimum absolute atomic E-state index is 0.0676. The second-order valence-corrected chi connectivity index (χ2v) is 4.16. The smallest absolute Gasteiger partial charge is 0.305 e. The Labute approximate surface area is 88.8 Å². The van der Waals surface area contributed by atoms with Crippen LogP contribution >= 0.6 is 0 Å². The molecule has 5 heteroatoms. The Hall–Kier alpha value is -1.10. The fourth-order valence-electron chi connectivity index (χ4n) is 1.65. The zero-order chi connectivity index (χ0) is 11.5. The highest BCUT2D eigenvalue weighted by Crippen LogP contribution is 2.25. The lowest BCUT2D eigenvalue weighted by Gasteiger charge is -2.24. The molecule has 1 heterocycles. The van der Waals surface area contributed by atoms with Gasteiger partial charge in [0, 0.05) is 12.6 Å². The van der Waals surface area contributed by atoms with Crippen LogP contribution in [0, 0.1) is 0 Å². The molecular formula is C10H17NO4. The van der Waals surface area contributed by atoms with Crippen molar-refractivity contribution in [3.8, 4) is 0 Å². The topological polar surface area (TPSA) is 75.6 Å². The fraction of sp³-hybridized carbons (Fsp3) is 0.800. The largest absolute Gasteiger partial charge is 0.481 e. The van der Waals surface area contributed by atoms with Crippen molar-refractivity contribution in [3.63, 3.8) is 0 Å². The zero-order valence-corrected chi connectivity index (χ0v) is 9.08. The summed E-state index contributed by atoms with van der Waals surface area (Å²) >= 11 is 0. The van der Waals surface area contributed by atoms with Crippen LogP contribution in [0.1, 0.15) is 33.1 Å². The zero-order valence-electron chi connectivity index (χ0n) is 9.08. The van der Waals surface area contributed by atoms with Crippen LogP contribution < -0.4 is 5.32 Å². The lowest BCUT2D eigenvalue weighted by molar-refractivity contribution is -0.141. The number of carbonyl (C=O) groups is 2. The molecule has 15 heavy (non-hydrogen) atoms. The van der Waals surface area contributed by atoms with E-state index in [2.05, 4.69) is 5.32 Å². The minimum Gasteiger partial charge on any atom is -0.481 e. The standard InChI is InChI=1S/C10H17NO4/c1-7(6-8(12)13)11-9(14)10(2)4-3-5-15-10/h7H,3-6H2,1-2H3,(H,11,14)(H,12,13). The molecular weight excluding hydrogens is 198 g/mol. The van der Waals surface area contributed by atoms with Crippen LogP contribution in [0.15, 0.2) is 0 Å². The fourth-order valence-corrected chi connectivity index (χ4v) is 1.65. The van der Waals surface area contributed by atoms with Crippen molar-refractivity contribution in [2.75, 3.05) is 6.61 Å². The normalized spacial score (nSPS) is 27.3. The first-order chi connectivity index (χ1) is 6.94. The van der Waals surface area contributed by atoms with Crippen LogP contribution in [0.4, 0.5) is 0 Å². The number of hydrogen-bond acceptors (Lipinski definition) is 3. The molecule has 86 valence electrons. The molecule has 5 nitrogen and oxygen atoms in total. The highest BCUT2D eigenvalue weighted by atomic mass is 16.5. The van der Waals surface area contributed by atoms with Gasteiger partial charge in [0.15, 0.2) is 0 Å². The summed E-state index contributed by atoms with van der Waals surface area (Å²) in [7, 11) is 0. The van der Waals surface area contributed by atoms with E-state index in [1.54, 1.807) is 13.8 Å². The average molecular weight is 215 g/mol. The summed E-state index contributed by atoms with van der Waals surface area (Å²) in [5.41, 5.74) is -0.771. The van der Waals surface area contributed by atoms with Gasteiger partial charge < -0.3 is 15.2 Å². The second kappa shape index (κ2) is 4.61. The first kappa shape index (κ1) is 12.0. The maximum absolute atomic E-state index is 11.7. The molecule has 2 N–H and O–H groups in total. The number of carboxylic acids is 1.